The summed E-state index contributed by atoms with van der Waals surface area (Å²) in [6.07, 6.45) is 0.367. The molecule has 0 spiro atoms. The molecule has 0 fully saturated rings. The Kier molecular flexibility index (Phi) is 7.85. The number of aromatic nitrogens is 2. The monoisotopic (exact) mass is 516 g/mol. The molecule has 1 heterocycles. The molecular weight excluding hydrogens is 484 g/mol. The van der Waals surface area contributed by atoms with Crippen molar-refractivity contribution in [3.8, 4) is 28.3 Å². The van der Waals surface area contributed by atoms with Gasteiger partial charge in [0.1, 0.15) is 11.6 Å². The second-order valence-corrected chi connectivity index (χ2v) is 9.74. The largest absolute Gasteiger partial charge is 0.508 e. The van der Waals surface area contributed by atoms with Crippen molar-refractivity contribution in [2.45, 2.75) is 32.5 Å². The number of aryl methyl sites for hydroxylation is 1. The molecule has 5 rings (SSSR count). The van der Waals surface area contributed by atoms with Crippen molar-refractivity contribution < 1.29 is 9.90 Å². The lowest BCUT2D eigenvalue weighted by atomic mass is 10.0. The van der Waals surface area contributed by atoms with Gasteiger partial charge in [-0.25, -0.2) is 4.98 Å². The summed E-state index contributed by atoms with van der Waals surface area (Å²) in [4.78, 5) is 24.0. The van der Waals surface area contributed by atoms with E-state index in [2.05, 4.69) is 4.98 Å². The van der Waals surface area contributed by atoms with Crippen molar-refractivity contribution in [3.63, 3.8) is 0 Å². The molecule has 0 saturated carbocycles. The molecule has 1 amide bonds. The zero-order valence-corrected chi connectivity index (χ0v) is 21.9. The predicted molar refractivity (Wildman–Crippen MR) is 155 cm³/mol. The van der Waals surface area contributed by atoms with Gasteiger partial charge in [-0.2, -0.15) is 0 Å². The van der Waals surface area contributed by atoms with Gasteiger partial charge in [0.15, 0.2) is 0 Å². The summed E-state index contributed by atoms with van der Waals surface area (Å²) < 4.78 is 0. The highest BCUT2D eigenvalue weighted by Crippen LogP contribution is 2.30. The number of aromatic amines is 1. The molecule has 4 aromatic carbocycles. The first-order chi connectivity index (χ1) is 19.0. The fourth-order valence-electron chi connectivity index (χ4n) is 4.71. The van der Waals surface area contributed by atoms with E-state index in [4.69, 9.17) is 10.7 Å². The number of rotatable bonds is 9. The molecule has 0 bridgehead atoms. The predicted octanol–water partition coefficient (Wildman–Crippen LogP) is 5.86. The molecule has 39 heavy (non-hydrogen) atoms. The van der Waals surface area contributed by atoms with E-state index in [1.807, 2.05) is 91.9 Å². The Morgan fingerprint density at radius 3 is 2.13 bits per heavy atom. The van der Waals surface area contributed by atoms with E-state index in [9.17, 15) is 9.90 Å². The molecule has 4 N–H and O–H groups in total. The Hall–Kier alpha value is -4.68. The number of amides is 1. The van der Waals surface area contributed by atoms with Crippen LogP contribution in [0.3, 0.4) is 0 Å². The van der Waals surface area contributed by atoms with Crippen molar-refractivity contribution in [3.05, 3.63) is 132 Å². The van der Waals surface area contributed by atoms with Crippen molar-refractivity contribution in [1.82, 2.24) is 14.9 Å². The summed E-state index contributed by atoms with van der Waals surface area (Å²) >= 11 is 0. The lowest BCUT2D eigenvalue weighted by Gasteiger charge is -2.26. The van der Waals surface area contributed by atoms with Gasteiger partial charge in [-0.3, -0.25) is 4.79 Å². The molecule has 6 nitrogen and oxygen atoms in total. The minimum Gasteiger partial charge on any atom is -0.508 e. The van der Waals surface area contributed by atoms with Crippen LogP contribution < -0.4 is 5.73 Å². The number of nitrogens with zero attached hydrogens (tertiary/aromatic N) is 2. The molecule has 6 heteroatoms. The van der Waals surface area contributed by atoms with Crippen LogP contribution in [0.25, 0.3) is 22.5 Å². The average molecular weight is 517 g/mol. The summed E-state index contributed by atoms with van der Waals surface area (Å²) in [5.74, 6) is 0.706. The normalized spacial score (nSPS) is 11.7. The van der Waals surface area contributed by atoms with Crippen molar-refractivity contribution in [1.29, 1.82) is 0 Å². The number of aromatic hydroxyl groups is 1. The van der Waals surface area contributed by atoms with Crippen LogP contribution in [0.4, 0.5) is 0 Å². The quantitative estimate of drug-likeness (QED) is 0.229. The molecule has 1 aromatic heterocycles. The third kappa shape index (κ3) is 6.25. The maximum Gasteiger partial charge on any atom is 0.240 e. The van der Waals surface area contributed by atoms with E-state index in [-0.39, 0.29) is 18.2 Å². The number of phenols is 1. The molecule has 0 unspecified atom stereocenters. The van der Waals surface area contributed by atoms with Crippen molar-refractivity contribution in [2.24, 2.45) is 5.73 Å². The van der Waals surface area contributed by atoms with E-state index in [0.29, 0.717) is 18.8 Å². The van der Waals surface area contributed by atoms with Crippen molar-refractivity contribution >= 4 is 5.91 Å². The van der Waals surface area contributed by atoms with Gasteiger partial charge in [-0.05, 0) is 42.2 Å². The summed E-state index contributed by atoms with van der Waals surface area (Å²) in [7, 11) is 0. The molecule has 0 radical (unpaired) electrons. The van der Waals surface area contributed by atoms with Gasteiger partial charge in [0.2, 0.25) is 5.91 Å². The Balaban J connectivity index is 1.48. The van der Waals surface area contributed by atoms with Crippen LogP contribution in [0.2, 0.25) is 0 Å². The van der Waals surface area contributed by atoms with E-state index in [0.717, 1.165) is 39.2 Å². The minimum absolute atomic E-state index is 0.162. The molecule has 196 valence electrons. The highest BCUT2D eigenvalue weighted by Gasteiger charge is 2.24. The summed E-state index contributed by atoms with van der Waals surface area (Å²) in [5.41, 5.74) is 13.3. The second-order valence-electron chi connectivity index (χ2n) is 9.74. The Morgan fingerprint density at radius 1 is 0.846 bits per heavy atom. The standard InChI is InChI=1S/C33H32N4O2/c1-23-10-8-9-15-27(23)21-37(33(39)29(34)20-24-16-18-28(38)19-17-24)22-30-35-31(25-11-4-2-5-12-25)32(36-30)26-13-6-3-7-14-26/h2-19,29,38H,20-22,34H2,1H3,(H,35,36)/t29-/m0/s1. The fourth-order valence-corrected chi connectivity index (χ4v) is 4.71. The third-order valence-corrected chi connectivity index (χ3v) is 6.85. The molecule has 5 aromatic rings. The maximum atomic E-state index is 13.8. The van der Waals surface area contributed by atoms with Gasteiger partial charge in [0.25, 0.3) is 0 Å². The van der Waals surface area contributed by atoms with E-state index < -0.39 is 6.04 Å². The van der Waals surface area contributed by atoms with E-state index in [1.165, 1.54) is 0 Å². The highest BCUT2D eigenvalue weighted by molar-refractivity contribution is 5.82. The maximum absolute atomic E-state index is 13.8. The number of phenolic OH excluding ortho intramolecular Hbond substituents is 1. The molecule has 0 aliphatic rings. The zero-order chi connectivity index (χ0) is 27.2. The number of carbonyl (C=O) groups is 1. The Bertz CT molecular complexity index is 1470. The Morgan fingerprint density at radius 2 is 1.46 bits per heavy atom. The molecule has 0 aliphatic heterocycles. The van der Waals surface area contributed by atoms with Gasteiger partial charge < -0.3 is 20.7 Å². The van der Waals surface area contributed by atoms with Gasteiger partial charge in [0.05, 0.1) is 24.0 Å². The lowest BCUT2D eigenvalue weighted by Crippen LogP contribution is -2.44. The number of hydrogen-bond acceptors (Lipinski definition) is 4. The minimum atomic E-state index is -0.740. The van der Waals surface area contributed by atoms with Gasteiger partial charge >= 0.3 is 0 Å². The molecule has 1 atom stereocenters. The number of hydrogen-bond donors (Lipinski definition) is 3. The topological polar surface area (TPSA) is 95.2 Å². The number of imidazole rings is 1. The number of nitrogens with two attached hydrogens (primary N) is 1. The van der Waals surface area contributed by atoms with Crippen LogP contribution in [-0.2, 0) is 24.3 Å². The third-order valence-electron chi connectivity index (χ3n) is 6.85. The molecule has 0 aliphatic carbocycles. The van der Waals surface area contributed by atoms with Crippen LogP contribution in [0.15, 0.2) is 109 Å². The first kappa shape index (κ1) is 25.9. The fraction of sp³-hybridized carbons (Fsp3) is 0.152. The average Bonchev–Trinajstić information content (AvgIpc) is 3.39. The van der Waals surface area contributed by atoms with Crippen LogP contribution in [0, 0.1) is 6.92 Å². The van der Waals surface area contributed by atoms with E-state index in [1.54, 1.807) is 29.2 Å². The number of nitrogens with one attached hydrogen (secondary N) is 1. The van der Waals surface area contributed by atoms with Gasteiger partial charge in [-0.15, -0.1) is 0 Å². The molecule has 0 saturated heterocycles. The van der Waals surface area contributed by atoms with Crippen LogP contribution in [-0.4, -0.2) is 31.9 Å². The molecular formula is C33H32N4O2. The summed E-state index contributed by atoms with van der Waals surface area (Å²) in [6, 6.07) is 34.2. The van der Waals surface area contributed by atoms with Crippen LogP contribution in [0.5, 0.6) is 5.75 Å². The lowest BCUT2D eigenvalue weighted by molar-refractivity contribution is -0.134. The first-order valence-corrected chi connectivity index (χ1v) is 13.0. The number of benzene rings is 4. The smallest absolute Gasteiger partial charge is 0.240 e. The number of H-pyrrole nitrogens is 1. The van der Waals surface area contributed by atoms with E-state index >= 15 is 0 Å². The summed E-state index contributed by atoms with van der Waals surface area (Å²) in [6.45, 7) is 2.74. The zero-order valence-electron chi connectivity index (χ0n) is 21.9. The Labute approximate surface area is 228 Å². The van der Waals surface area contributed by atoms with Crippen molar-refractivity contribution in [2.75, 3.05) is 0 Å². The van der Waals surface area contributed by atoms with Crippen LogP contribution >= 0.6 is 0 Å². The first-order valence-electron chi connectivity index (χ1n) is 13.0. The second kappa shape index (κ2) is 11.8. The number of carbonyl (C=O) groups excluding carboxylic acids is 1. The summed E-state index contributed by atoms with van der Waals surface area (Å²) in [5, 5.41) is 9.61. The van der Waals surface area contributed by atoms with Gasteiger partial charge in [-0.1, -0.05) is 97.1 Å². The SMILES string of the molecule is Cc1ccccc1CN(Cc1nc(-c2ccccc2)c(-c2ccccc2)[nH]1)C(=O)[C@@H](N)Cc1ccc(O)cc1. The van der Waals surface area contributed by atoms with Crippen LogP contribution in [0.1, 0.15) is 22.5 Å². The highest BCUT2D eigenvalue weighted by atomic mass is 16.3. The van der Waals surface area contributed by atoms with Gasteiger partial charge in [0, 0.05) is 17.7 Å².